The maximum Gasteiger partial charge on any atom is 0.307 e. The minimum Gasteiger partial charge on any atom is -0.481 e. The van der Waals surface area contributed by atoms with E-state index in [-0.39, 0.29) is 6.42 Å². The van der Waals surface area contributed by atoms with Crippen LogP contribution in [0.3, 0.4) is 0 Å². The number of nitrogens with zero attached hydrogens (tertiary/aromatic N) is 1. The molecule has 0 bridgehead atoms. The maximum atomic E-state index is 10.8. The SMILES string of the molecule is Cc1c(CC(=O)O)c2ccccc2n1C. The molecular formula is C12H13NO2. The molecule has 0 radical (unpaired) electrons. The number of benzene rings is 1. The second-order valence-corrected chi connectivity index (χ2v) is 3.71. The van der Waals surface area contributed by atoms with Crippen molar-refractivity contribution in [2.24, 2.45) is 7.05 Å². The summed E-state index contributed by atoms with van der Waals surface area (Å²) in [6, 6.07) is 7.88. The van der Waals surface area contributed by atoms with Gasteiger partial charge in [-0.25, -0.2) is 0 Å². The monoisotopic (exact) mass is 203 g/mol. The summed E-state index contributed by atoms with van der Waals surface area (Å²) < 4.78 is 2.04. The number of rotatable bonds is 2. The van der Waals surface area contributed by atoms with E-state index in [1.165, 1.54) is 0 Å². The van der Waals surface area contributed by atoms with Gasteiger partial charge in [-0.3, -0.25) is 4.79 Å². The predicted octanol–water partition coefficient (Wildman–Crippen LogP) is 2.11. The van der Waals surface area contributed by atoms with Gasteiger partial charge in [-0.2, -0.15) is 0 Å². The Kier molecular flexibility index (Phi) is 2.23. The fourth-order valence-electron chi connectivity index (χ4n) is 1.97. The minimum absolute atomic E-state index is 0.0905. The van der Waals surface area contributed by atoms with Gasteiger partial charge in [0.25, 0.3) is 0 Å². The smallest absolute Gasteiger partial charge is 0.307 e. The highest BCUT2D eigenvalue weighted by Crippen LogP contribution is 2.24. The van der Waals surface area contributed by atoms with Gasteiger partial charge in [-0.15, -0.1) is 0 Å². The van der Waals surface area contributed by atoms with Crippen LogP contribution in [-0.4, -0.2) is 15.6 Å². The summed E-state index contributed by atoms with van der Waals surface area (Å²) in [4.78, 5) is 10.8. The number of hydrogen-bond acceptors (Lipinski definition) is 1. The van der Waals surface area contributed by atoms with E-state index in [2.05, 4.69) is 0 Å². The van der Waals surface area contributed by atoms with Crippen LogP contribution < -0.4 is 0 Å². The fourth-order valence-corrected chi connectivity index (χ4v) is 1.97. The molecule has 1 N–H and O–H groups in total. The number of aromatic nitrogens is 1. The van der Waals surface area contributed by atoms with Crippen LogP contribution in [0.15, 0.2) is 24.3 Å². The van der Waals surface area contributed by atoms with Crippen molar-refractivity contribution in [3.63, 3.8) is 0 Å². The largest absolute Gasteiger partial charge is 0.481 e. The zero-order valence-corrected chi connectivity index (χ0v) is 8.82. The third-order valence-corrected chi connectivity index (χ3v) is 2.86. The zero-order chi connectivity index (χ0) is 11.0. The zero-order valence-electron chi connectivity index (χ0n) is 8.82. The lowest BCUT2D eigenvalue weighted by Gasteiger charge is -1.98. The number of aryl methyl sites for hydroxylation is 1. The topological polar surface area (TPSA) is 42.2 Å². The Morgan fingerprint density at radius 1 is 1.40 bits per heavy atom. The second kappa shape index (κ2) is 3.42. The molecule has 3 heteroatoms. The van der Waals surface area contributed by atoms with Crippen LogP contribution in [0, 0.1) is 6.92 Å². The minimum atomic E-state index is -0.783. The van der Waals surface area contributed by atoms with Crippen molar-refractivity contribution < 1.29 is 9.90 Å². The van der Waals surface area contributed by atoms with Gasteiger partial charge in [-0.1, -0.05) is 18.2 Å². The van der Waals surface area contributed by atoms with E-state index >= 15 is 0 Å². The van der Waals surface area contributed by atoms with Crippen LogP contribution in [0.4, 0.5) is 0 Å². The highest BCUT2D eigenvalue weighted by molar-refractivity contribution is 5.88. The summed E-state index contributed by atoms with van der Waals surface area (Å²) in [6.45, 7) is 1.96. The van der Waals surface area contributed by atoms with E-state index in [4.69, 9.17) is 5.11 Å². The van der Waals surface area contributed by atoms with Gasteiger partial charge in [0.15, 0.2) is 0 Å². The number of carboxylic acid groups (broad SMARTS) is 1. The van der Waals surface area contributed by atoms with Crippen LogP contribution in [0.1, 0.15) is 11.3 Å². The van der Waals surface area contributed by atoms with Crippen molar-refractivity contribution in [2.75, 3.05) is 0 Å². The molecule has 3 nitrogen and oxygen atoms in total. The quantitative estimate of drug-likeness (QED) is 0.812. The first-order chi connectivity index (χ1) is 7.11. The van der Waals surface area contributed by atoms with Crippen LogP contribution in [0.25, 0.3) is 10.9 Å². The molecule has 0 amide bonds. The van der Waals surface area contributed by atoms with Crippen molar-refractivity contribution in [1.29, 1.82) is 0 Å². The molecule has 0 aliphatic rings. The summed E-state index contributed by atoms with van der Waals surface area (Å²) in [5.74, 6) is -0.783. The Balaban J connectivity index is 2.72. The van der Waals surface area contributed by atoms with Gasteiger partial charge in [-0.05, 0) is 18.6 Å². The normalized spacial score (nSPS) is 10.8. The van der Waals surface area contributed by atoms with Crippen LogP contribution >= 0.6 is 0 Å². The van der Waals surface area contributed by atoms with Crippen molar-refractivity contribution in [3.8, 4) is 0 Å². The average molecular weight is 203 g/mol. The van der Waals surface area contributed by atoms with Crippen molar-refractivity contribution in [3.05, 3.63) is 35.5 Å². The van der Waals surface area contributed by atoms with Crippen molar-refractivity contribution in [2.45, 2.75) is 13.3 Å². The summed E-state index contributed by atoms with van der Waals surface area (Å²) in [5.41, 5.74) is 3.03. The van der Waals surface area contributed by atoms with Gasteiger partial charge in [0.05, 0.1) is 6.42 Å². The Bertz CT molecular complexity index is 526. The Labute approximate surface area is 87.9 Å². The molecule has 2 aromatic rings. The average Bonchev–Trinajstić information content (AvgIpc) is 2.44. The van der Waals surface area contributed by atoms with Crippen LogP contribution in [-0.2, 0) is 18.3 Å². The van der Waals surface area contributed by atoms with Gasteiger partial charge in [0, 0.05) is 23.6 Å². The Hall–Kier alpha value is -1.77. The summed E-state index contributed by atoms with van der Waals surface area (Å²) in [7, 11) is 1.96. The molecule has 0 saturated carbocycles. The Morgan fingerprint density at radius 3 is 2.73 bits per heavy atom. The van der Waals surface area contributed by atoms with Gasteiger partial charge < -0.3 is 9.67 Å². The van der Waals surface area contributed by atoms with E-state index in [1.54, 1.807) is 0 Å². The number of aliphatic carboxylic acids is 1. The molecule has 0 spiro atoms. The maximum absolute atomic E-state index is 10.8. The highest BCUT2D eigenvalue weighted by Gasteiger charge is 2.13. The van der Waals surface area contributed by atoms with Crippen molar-refractivity contribution in [1.82, 2.24) is 4.57 Å². The van der Waals surface area contributed by atoms with Crippen molar-refractivity contribution >= 4 is 16.9 Å². The molecule has 0 unspecified atom stereocenters. The molecule has 2 rings (SSSR count). The fraction of sp³-hybridized carbons (Fsp3) is 0.250. The number of carbonyl (C=O) groups is 1. The second-order valence-electron chi connectivity index (χ2n) is 3.71. The first-order valence-corrected chi connectivity index (χ1v) is 4.86. The molecule has 0 aliphatic carbocycles. The molecule has 0 saturated heterocycles. The lowest BCUT2D eigenvalue weighted by molar-refractivity contribution is -0.136. The number of para-hydroxylation sites is 1. The lowest BCUT2D eigenvalue weighted by atomic mass is 10.1. The summed E-state index contributed by atoms with van der Waals surface area (Å²) in [6.07, 6.45) is 0.0905. The van der Waals surface area contributed by atoms with E-state index in [1.807, 2.05) is 42.8 Å². The van der Waals surface area contributed by atoms with E-state index in [9.17, 15) is 4.79 Å². The number of carboxylic acids is 1. The van der Waals surface area contributed by atoms with Crippen LogP contribution in [0.5, 0.6) is 0 Å². The first-order valence-electron chi connectivity index (χ1n) is 4.86. The molecule has 1 heterocycles. The molecular weight excluding hydrogens is 190 g/mol. The van der Waals surface area contributed by atoms with Crippen LogP contribution in [0.2, 0.25) is 0 Å². The van der Waals surface area contributed by atoms with E-state index in [0.29, 0.717) is 0 Å². The first kappa shape index (κ1) is 9.77. The summed E-state index contributed by atoms with van der Waals surface area (Å²) in [5, 5.41) is 9.89. The predicted molar refractivity (Wildman–Crippen MR) is 59.0 cm³/mol. The van der Waals surface area contributed by atoms with Gasteiger partial charge >= 0.3 is 5.97 Å². The molecule has 0 fully saturated rings. The highest BCUT2D eigenvalue weighted by atomic mass is 16.4. The number of hydrogen-bond donors (Lipinski definition) is 1. The molecule has 1 aromatic carbocycles. The molecule has 78 valence electrons. The molecule has 15 heavy (non-hydrogen) atoms. The molecule has 0 atom stereocenters. The lowest BCUT2D eigenvalue weighted by Crippen LogP contribution is -2.01. The van der Waals surface area contributed by atoms with E-state index in [0.717, 1.165) is 22.2 Å². The molecule has 1 aromatic heterocycles. The van der Waals surface area contributed by atoms with E-state index < -0.39 is 5.97 Å². The Morgan fingerprint density at radius 2 is 2.07 bits per heavy atom. The third kappa shape index (κ3) is 1.50. The standard InChI is InChI=1S/C12H13NO2/c1-8-10(7-12(14)15)9-5-3-4-6-11(9)13(8)2/h3-6H,7H2,1-2H3,(H,14,15). The summed E-state index contributed by atoms with van der Waals surface area (Å²) >= 11 is 0. The van der Waals surface area contributed by atoms with Gasteiger partial charge in [0.1, 0.15) is 0 Å². The van der Waals surface area contributed by atoms with Gasteiger partial charge in [0.2, 0.25) is 0 Å². The molecule has 0 aliphatic heterocycles. The third-order valence-electron chi connectivity index (χ3n) is 2.86. The number of fused-ring (bicyclic) bond motifs is 1.